The maximum Gasteiger partial charge on any atom is 0.349 e. The van der Waals surface area contributed by atoms with Gasteiger partial charge in [0.15, 0.2) is 0 Å². The third kappa shape index (κ3) is 1.60. The van der Waals surface area contributed by atoms with Gasteiger partial charge in [0.2, 0.25) is 5.91 Å². The van der Waals surface area contributed by atoms with E-state index in [1.807, 2.05) is 0 Å². The van der Waals surface area contributed by atoms with Gasteiger partial charge in [0.25, 0.3) is 0 Å². The average Bonchev–Trinajstić information content (AvgIpc) is 2.52. The van der Waals surface area contributed by atoms with Crippen LogP contribution in [0.1, 0.15) is 27.6 Å². The zero-order valence-corrected chi connectivity index (χ0v) is 8.37. The van der Waals surface area contributed by atoms with Crippen LogP contribution in [0.4, 0.5) is 5.69 Å². The Hall–Kier alpha value is -2.37. The second-order valence-electron chi connectivity index (χ2n) is 3.21. The first-order chi connectivity index (χ1) is 7.59. The van der Waals surface area contributed by atoms with Crippen LogP contribution in [0.2, 0.25) is 0 Å². The number of hydrazine groups is 1. The van der Waals surface area contributed by atoms with Gasteiger partial charge in [0, 0.05) is 6.92 Å². The average molecular weight is 220 g/mol. The molecule has 0 aromatic heterocycles. The van der Waals surface area contributed by atoms with E-state index in [1.54, 1.807) is 12.1 Å². The van der Waals surface area contributed by atoms with Crippen molar-refractivity contribution in [2.75, 3.05) is 5.43 Å². The highest BCUT2D eigenvalue weighted by Crippen LogP contribution is 2.26. The van der Waals surface area contributed by atoms with E-state index < -0.39 is 11.9 Å². The van der Waals surface area contributed by atoms with Gasteiger partial charge in [0.1, 0.15) is 0 Å². The molecule has 1 aliphatic rings. The first-order valence-corrected chi connectivity index (χ1v) is 4.51. The van der Waals surface area contributed by atoms with Gasteiger partial charge in [-0.25, -0.2) is 9.59 Å². The number of ether oxygens (including phenoxy) is 1. The smallest absolute Gasteiger partial charge is 0.349 e. The number of carbonyl (C=O) groups is 3. The van der Waals surface area contributed by atoms with E-state index >= 15 is 0 Å². The van der Waals surface area contributed by atoms with Gasteiger partial charge in [-0.15, -0.1) is 0 Å². The van der Waals surface area contributed by atoms with Crippen LogP contribution in [0.25, 0.3) is 0 Å². The molecule has 0 bridgehead atoms. The van der Waals surface area contributed by atoms with Crippen molar-refractivity contribution in [3.63, 3.8) is 0 Å². The van der Waals surface area contributed by atoms with Crippen molar-refractivity contribution in [3.05, 3.63) is 29.3 Å². The van der Waals surface area contributed by atoms with E-state index in [4.69, 9.17) is 0 Å². The lowest BCUT2D eigenvalue weighted by Crippen LogP contribution is -2.27. The number of fused-ring (bicyclic) bond motifs is 1. The van der Waals surface area contributed by atoms with Crippen molar-refractivity contribution >= 4 is 23.5 Å². The minimum absolute atomic E-state index is 0.140. The van der Waals surface area contributed by atoms with E-state index in [2.05, 4.69) is 15.6 Å². The molecule has 82 valence electrons. The van der Waals surface area contributed by atoms with Crippen molar-refractivity contribution in [2.24, 2.45) is 0 Å². The Kier molecular flexibility index (Phi) is 2.32. The minimum atomic E-state index is -0.714. The van der Waals surface area contributed by atoms with Gasteiger partial charge < -0.3 is 4.74 Å². The number of nitrogens with one attached hydrogen (secondary N) is 2. The number of benzene rings is 1. The number of rotatable bonds is 2. The van der Waals surface area contributed by atoms with Gasteiger partial charge >= 0.3 is 11.9 Å². The number of hydrogen-bond donors (Lipinski definition) is 2. The normalized spacial score (nSPS) is 13.1. The van der Waals surface area contributed by atoms with Crippen molar-refractivity contribution < 1.29 is 19.1 Å². The zero-order valence-electron chi connectivity index (χ0n) is 8.37. The highest BCUT2D eigenvalue weighted by molar-refractivity contribution is 6.17. The molecule has 1 aliphatic heterocycles. The maximum atomic E-state index is 11.3. The molecule has 6 heteroatoms. The fourth-order valence-electron chi connectivity index (χ4n) is 1.39. The van der Waals surface area contributed by atoms with Crippen LogP contribution >= 0.6 is 0 Å². The summed E-state index contributed by atoms with van der Waals surface area (Å²) in [6, 6.07) is 4.64. The Morgan fingerprint density at radius 2 is 2.00 bits per heavy atom. The number of hydrogen-bond acceptors (Lipinski definition) is 5. The van der Waals surface area contributed by atoms with Crippen molar-refractivity contribution in [3.8, 4) is 0 Å². The summed E-state index contributed by atoms with van der Waals surface area (Å²) < 4.78 is 4.45. The Morgan fingerprint density at radius 3 is 2.69 bits per heavy atom. The molecule has 2 N–H and O–H groups in total. The monoisotopic (exact) mass is 220 g/mol. The van der Waals surface area contributed by atoms with Crippen molar-refractivity contribution in [1.82, 2.24) is 5.43 Å². The number of cyclic esters (lactones) is 2. The second kappa shape index (κ2) is 3.65. The number of carbonyl (C=O) groups excluding carboxylic acids is 3. The molecule has 1 amide bonds. The van der Waals surface area contributed by atoms with Crippen LogP contribution < -0.4 is 10.9 Å². The summed E-state index contributed by atoms with van der Waals surface area (Å²) >= 11 is 0. The molecule has 0 fully saturated rings. The molecule has 0 radical (unpaired) electrons. The molecule has 1 aromatic rings. The molecule has 1 heterocycles. The van der Waals surface area contributed by atoms with Crippen LogP contribution in [0.15, 0.2) is 18.2 Å². The molecule has 0 aliphatic carbocycles. The minimum Gasteiger partial charge on any atom is -0.386 e. The summed E-state index contributed by atoms with van der Waals surface area (Å²) in [7, 11) is 0. The predicted molar refractivity (Wildman–Crippen MR) is 53.6 cm³/mol. The number of esters is 2. The summed E-state index contributed by atoms with van der Waals surface area (Å²) in [5.41, 5.74) is 5.53. The third-order valence-corrected chi connectivity index (χ3v) is 2.05. The molecule has 0 spiro atoms. The summed E-state index contributed by atoms with van der Waals surface area (Å²) in [4.78, 5) is 33.3. The Labute approximate surface area is 90.6 Å². The standard InChI is InChI=1S/C10H8N2O4/c1-5(13)11-12-7-4-2-3-6-8(7)10(15)16-9(6)14/h2-4,12H,1H3,(H,11,13). The predicted octanol–water partition coefficient (Wildman–Crippen LogP) is 0.460. The van der Waals surface area contributed by atoms with Gasteiger partial charge in [-0.2, -0.15) is 0 Å². The van der Waals surface area contributed by atoms with Crippen molar-refractivity contribution in [1.29, 1.82) is 0 Å². The van der Waals surface area contributed by atoms with E-state index in [-0.39, 0.29) is 17.0 Å². The molecular weight excluding hydrogens is 212 g/mol. The lowest BCUT2D eigenvalue weighted by atomic mass is 10.1. The quantitative estimate of drug-likeness (QED) is 0.429. The largest absolute Gasteiger partial charge is 0.386 e. The highest BCUT2D eigenvalue weighted by atomic mass is 16.6. The molecule has 16 heavy (non-hydrogen) atoms. The number of anilines is 1. The van der Waals surface area contributed by atoms with Crippen molar-refractivity contribution in [2.45, 2.75) is 6.92 Å². The molecule has 6 nitrogen and oxygen atoms in total. The molecular formula is C10H8N2O4. The van der Waals surface area contributed by atoms with Crippen LogP contribution in [0.3, 0.4) is 0 Å². The van der Waals surface area contributed by atoms with Gasteiger partial charge in [0.05, 0.1) is 16.8 Å². The van der Waals surface area contributed by atoms with E-state index in [0.29, 0.717) is 5.69 Å². The fourth-order valence-corrected chi connectivity index (χ4v) is 1.39. The topological polar surface area (TPSA) is 84.5 Å². The summed E-state index contributed by atoms with van der Waals surface area (Å²) in [5, 5.41) is 0. The Bertz CT molecular complexity index is 496. The molecule has 0 saturated carbocycles. The molecule has 0 saturated heterocycles. The lowest BCUT2D eigenvalue weighted by molar-refractivity contribution is -0.118. The fraction of sp³-hybridized carbons (Fsp3) is 0.100. The maximum absolute atomic E-state index is 11.3. The second-order valence-corrected chi connectivity index (χ2v) is 3.21. The highest BCUT2D eigenvalue weighted by Gasteiger charge is 2.32. The third-order valence-electron chi connectivity index (χ3n) is 2.05. The summed E-state index contributed by atoms with van der Waals surface area (Å²) in [5.74, 6) is -1.70. The van der Waals surface area contributed by atoms with E-state index in [9.17, 15) is 14.4 Å². The van der Waals surface area contributed by atoms with Crippen LogP contribution in [0, 0.1) is 0 Å². The summed E-state index contributed by atoms with van der Waals surface area (Å²) in [6.45, 7) is 1.32. The van der Waals surface area contributed by atoms with E-state index in [1.165, 1.54) is 13.0 Å². The Morgan fingerprint density at radius 1 is 1.25 bits per heavy atom. The van der Waals surface area contributed by atoms with Gasteiger partial charge in [-0.1, -0.05) is 6.07 Å². The van der Waals surface area contributed by atoms with E-state index in [0.717, 1.165) is 0 Å². The van der Waals surface area contributed by atoms with Crippen LogP contribution in [-0.2, 0) is 9.53 Å². The first kappa shape index (κ1) is 10.2. The Balaban J connectivity index is 2.37. The molecule has 0 atom stereocenters. The number of amides is 1. The first-order valence-electron chi connectivity index (χ1n) is 4.51. The summed E-state index contributed by atoms with van der Waals surface area (Å²) in [6.07, 6.45) is 0. The molecule has 0 unspecified atom stereocenters. The molecule has 1 aromatic carbocycles. The SMILES string of the molecule is CC(=O)NNc1cccc2c1C(=O)OC2=O. The zero-order chi connectivity index (χ0) is 11.7. The van der Waals surface area contributed by atoms with Gasteiger partial charge in [-0.05, 0) is 12.1 Å². The van der Waals surface area contributed by atoms with Crippen LogP contribution in [0.5, 0.6) is 0 Å². The lowest BCUT2D eigenvalue weighted by Gasteiger charge is -2.07. The van der Waals surface area contributed by atoms with Gasteiger partial charge in [-0.3, -0.25) is 15.6 Å². The molecule has 2 rings (SSSR count). The van der Waals surface area contributed by atoms with Crippen LogP contribution in [-0.4, -0.2) is 17.8 Å².